The van der Waals surface area contributed by atoms with Gasteiger partial charge in [0.2, 0.25) is 0 Å². The van der Waals surface area contributed by atoms with Crippen LogP contribution in [0.5, 0.6) is 0 Å². The fourth-order valence-electron chi connectivity index (χ4n) is 2.56. The van der Waals surface area contributed by atoms with E-state index in [0.717, 1.165) is 0 Å². The van der Waals surface area contributed by atoms with E-state index in [0.29, 0.717) is 0 Å². The third-order valence-electron chi connectivity index (χ3n) is 3.67. The zero-order chi connectivity index (χ0) is 15.2. The molecule has 1 fully saturated rings. The first-order valence-electron chi connectivity index (χ1n) is 6.62. The van der Waals surface area contributed by atoms with Crippen LogP contribution in [0.4, 0.5) is 13.2 Å². The Morgan fingerprint density at radius 3 is 1.84 bits per heavy atom. The third-order valence-corrected chi connectivity index (χ3v) is 3.67. The lowest BCUT2D eigenvalue weighted by molar-refractivity contribution is -0.171. The summed E-state index contributed by atoms with van der Waals surface area (Å²) in [6.07, 6.45) is -4.34. The van der Waals surface area contributed by atoms with Crippen molar-refractivity contribution in [3.8, 4) is 0 Å². The molecule has 1 saturated heterocycles. The van der Waals surface area contributed by atoms with Crippen molar-refractivity contribution in [1.82, 2.24) is 4.90 Å². The maximum absolute atomic E-state index is 12.9. The van der Waals surface area contributed by atoms with E-state index >= 15 is 0 Å². The van der Waals surface area contributed by atoms with Gasteiger partial charge in [-0.15, -0.1) is 0 Å². The SMILES string of the molecule is CC(C)(C)C(=O)[C@@H]1C[C@H](C(F)(F)F)CN1C(C)(C)C. The highest BCUT2D eigenvalue weighted by Crippen LogP contribution is 2.41. The average Bonchev–Trinajstić information content (AvgIpc) is 2.57. The first kappa shape index (κ1) is 16.5. The number of hydrogen-bond acceptors (Lipinski definition) is 2. The van der Waals surface area contributed by atoms with Crippen molar-refractivity contribution in [2.24, 2.45) is 11.3 Å². The summed E-state index contributed by atoms with van der Waals surface area (Å²) in [6, 6.07) is -0.633. The van der Waals surface area contributed by atoms with Gasteiger partial charge in [-0.3, -0.25) is 9.69 Å². The Kier molecular flexibility index (Phi) is 4.13. The molecule has 0 aromatic heterocycles. The molecule has 0 bridgehead atoms. The molecule has 112 valence electrons. The van der Waals surface area contributed by atoms with Gasteiger partial charge < -0.3 is 0 Å². The standard InChI is InChI=1S/C14H24F3NO/c1-12(2,3)11(19)10-7-9(14(15,16)17)8-18(10)13(4,5)6/h9-10H,7-8H2,1-6H3/t9-,10-/m0/s1. The number of rotatable bonds is 1. The van der Waals surface area contributed by atoms with Crippen molar-refractivity contribution >= 4 is 5.78 Å². The highest BCUT2D eigenvalue weighted by atomic mass is 19.4. The molecule has 0 aromatic carbocycles. The summed E-state index contributed by atoms with van der Waals surface area (Å²) in [5.74, 6) is -1.50. The maximum atomic E-state index is 12.9. The van der Waals surface area contributed by atoms with Crippen molar-refractivity contribution in [3.05, 3.63) is 0 Å². The van der Waals surface area contributed by atoms with E-state index in [4.69, 9.17) is 0 Å². The van der Waals surface area contributed by atoms with E-state index in [2.05, 4.69) is 0 Å². The van der Waals surface area contributed by atoms with Gasteiger partial charge in [-0.1, -0.05) is 20.8 Å². The second-order valence-corrected chi connectivity index (χ2v) is 7.43. The minimum absolute atomic E-state index is 0.0838. The third kappa shape index (κ3) is 3.71. The Labute approximate surface area is 113 Å². The van der Waals surface area contributed by atoms with Crippen molar-refractivity contribution in [1.29, 1.82) is 0 Å². The molecule has 0 saturated carbocycles. The Balaban J connectivity index is 3.04. The molecular weight excluding hydrogens is 255 g/mol. The molecule has 0 spiro atoms. The molecule has 1 rings (SSSR count). The first-order chi connectivity index (χ1) is 8.24. The molecular formula is C14H24F3NO. The lowest BCUT2D eigenvalue weighted by Gasteiger charge is -2.38. The van der Waals surface area contributed by atoms with Gasteiger partial charge >= 0.3 is 6.18 Å². The van der Waals surface area contributed by atoms with Gasteiger partial charge in [0.15, 0.2) is 5.78 Å². The van der Waals surface area contributed by atoms with Crippen LogP contribution in [0, 0.1) is 11.3 Å². The number of carbonyl (C=O) groups excluding carboxylic acids is 1. The Morgan fingerprint density at radius 2 is 1.53 bits per heavy atom. The number of nitrogens with zero attached hydrogens (tertiary/aromatic N) is 1. The van der Waals surface area contributed by atoms with E-state index in [9.17, 15) is 18.0 Å². The van der Waals surface area contributed by atoms with Crippen LogP contribution in [0.25, 0.3) is 0 Å². The van der Waals surface area contributed by atoms with Crippen LogP contribution in [0.1, 0.15) is 48.0 Å². The Bertz CT molecular complexity index is 349. The molecule has 1 aliphatic rings. The molecule has 1 aliphatic heterocycles. The smallest absolute Gasteiger partial charge is 0.297 e. The summed E-state index contributed by atoms with van der Waals surface area (Å²) < 4.78 is 38.8. The van der Waals surface area contributed by atoms with E-state index in [1.165, 1.54) is 0 Å². The summed E-state index contributed by atoms with van der Waals surface area (Å²) in [6.45, 7) is 10.8. The number of carbonyl (C=O) groups is 1. The van der Waals surface area contributed by atoms with Gasteiger partial charge in [-0.2, -0.15) is 13.2 Å². The molecule has 0 radical (unpaired) electrons. The fraction of sp³-hybridized carbons (Fsp3) is 0.929. The fourth-order valence-corrected chi connectivity index (χ4v) is 2.56. The minimum Gasteiger partial charge on any atom is -0.297 e. The molecule has 0 N–H and O–H groups in total. The quantitative estimate of drug-likeness (QED) is 0.730. The molecule has 0 aromatic rings. The summed E-state index contributed by atoms with van der Waals surface area (Å²) >= 11 is 0. The molecule has 0 aliphatic carbocycles. The molecule has 5 heteroatoms. The highest BCUT2D eigenvalue weighted by molar-refractivity contribution is 5.89. The normalized spacial score (nSPS) is 26.8. The van der Waals surface area contributed by atoms with Crippen LogP contribution in [-0.2, 0) is 4.79 Å². The molecule has 2 nitrogen and oxygen atoms in total. The van der Waals surface area contributed by atoms with Crippen molar-refractivity contribution in [3.63, 3.8) is 0 Å². The molecule has 2 atom stereocenters. The van der Waals surface area contributed by atoms with Crippen LogP contribution in [0.3, 0.4) is 0 Å². The Morgan fingerprint density at radius 1 is 1.05 bits per heavy atom. The van der Waals surface area contributed by atoms with Crippen LogP contribution in [-0.4, -0.2) is 35.0 Å². The van der Waals surface area contributed by atoms with Crippen molar-refractivity contribution in [2.75, 3.05) is 6.54 Å². The van der Waals surface area contributed by atoms with E-state index in [1.807, 2.05) is 20.8 Å². The zero-order valence-corrected chi connectivity index (χ0v) is 12.6. The lowest BCUT2D eigenvalue weighted by atomic mass is 9.84. The molecule has 0 amide bonds. The van der Waals surface area contributed by atoms with Gasteiger partial charge in [0.05, 0.1) is 12.0 Å². The van der Waals surface area contributed by atoms with Gasteiger partial charge in [0, 0.05) is 17.5 Å². The van der Waals surface area contributed by atoms with Crippen molar-refractivity contribution < 1.29 is 18.0 Å². The van der Waals surface area contributed by atoms with Gasteiger partial charge in [0.1, 0.15) is 0 Å². The van der Waals surface area contributed by atoms with Gasteiger partial charge in [-0.25, -0.2) is 0 Å². The van der Waals surface area contributed by atoms with Crippen LogP contribution < -0.4 is 0 Å². The van der Waals surface area contributed by atoms with Gasteiger partial charge in [0.25, 0.3) is 0 Å². The Hall–Kier alpha value is -0.580. The summed E-state index contributed by atoms with van der Waals surface area (Å²) in [4.78, 5) is 14.1. The largest absolute Gasteiger partial charge is 0.393 e. The number of likely N-dealkylation sites (tertiary alicyclic amines) is 1. The molecule has 1 heterocycles. The van der Waals surface area contributed by atoms with Gasteiger partial charge in [-0.05, 0) is 27.2 Å². The zero-order valence-electron chi connectivity index (χ0n) is 12.6. The maximum Gasteiger partial charge on any atom is 0.393 e. The van der Waals surface area contributed by atoms with Crippen molar-refractivity contribution in [2.45, 2.75) is 65.7 Å². The molecule has 0 unspecified atom stereocenters. The lowest BCUT2D eigenvalue weighted by Crippen LogP contribution is -2.50. The number of ketones is 1. The van der Waals surface area contributed by atoms with Crippen LogP contribution >= 0.6 is 0 Å². The summed E-state index contributed by atoms with van der Waals surface area (Å²) in [5.41, 5.74) is -1.06. The average molecular weight is 279 g/mol. The topological polar surface area (TPSA) is 20.3 Å². The van der Waals surface area contributed by atoms with Crippen LogP contribution in [0.2, 0.25) is 0 Å². The summed E-state index contributed by atoms with van der Waals surface area (Å²) in [5, 5.41) is 0. The monoisotopic (exact) mass is 279 g/mol. The number of halogens is 3. The highest BCUT2D eigenvalue weighted by Gasteiger charge is 2.52. The summed E-state index contributed by atoms with van der Waals surface area (Å²) in [7, 11) is 0. The number of alkyl halides is 3. The second kappa shape index (κ2) is 4.76. The first-order valence-corrected chi connectivity index (χ1v) is 6.62. The molecule has 19 heavy (non-hydrogen) atoms. The van der Waals surface area contributed by atoms with Crippen LogP contribution in [0.15, 0.2) is 0 Å². The van der Waals surface area contributed by atoms with E-state index in [1.54, 1.807) is 25.7 Å². The number of Topliss-reactive ketones (excluding diaryl/α,β-unsaturated/α-hetero) is 1. The number of hydrogen-bond donors (Lipinski definition) is 0. The second-order valence-electron chi connectivity index (χ2n) is 7.43. The van der Waals surface area contributed by atoms with E-state index in [-0.39, 0.29) is 18.7 Å². The minimum atomic E-state index is -4.23. The van der Waals surface area contributed by atoms with E-state index < -0.39 is 29.1 Å². The predicted octanol–water partition coefficient (Wildman–Crippen LogP) is 3.65. The predicted molar refractivity (Wildman–Crippen MR) is 68.9 cm³/mol.